The maximum absolute atomic E-state index is 5.60. The third-order valence-electron chi connectivity index (χ3n) is 4.91. The number of hydrogen-bond donors (Lipinski definition) is 2. The summed E-state index contributed by atoms with van der Waals surface area (Å²) in [6.45, 7) is 6.57. The largest absolute Gasteiger partial charge is 0.377 e. The van der Waals surface area contributed by atoms with Crippen LogP contribution in [0.25, 0.3) is 16.9 Å². The molecule has 6 nitrogen and oxygen atoms in total. The lowest BCUT2D eigenvalue weighted by atomic mass is 10.1. The molecule has 0 saturated carbocycles. The quantitative estimate of drug-likeness (QED) is 0.349. The van der Waals surface area contributed by atoms with Crippen LogP contribution >= 0.6 is 0 Å². The number of hydrogen-bond acceptors (Lipinski definition) is 4. The van der Waals surface area contributed by atoms with Crippen LogP contribution in [0.5, 0.6) is 0 Å². The predicted molar refractivity (Wildman–Crippen MR) is 124 cm³/mol. The van der Waals surface area contributed by atoms with Crippen LogP contribution in [0.15, 0.2) is 73.1 Å². The van der Waals surface area contributed by atoms with E-state index in [2.05, 4.69) is 63.9 Å². The molecule has 2 N–H and O–H groups in total. The fraction of sp³-hybridized carbons (Fsp3) is 0.240. The fourth-order valence-electron chi connectivity index (χ4n) is 3.45. The van der Waals surface area contributed by atoms with Gasteiger partial charge >= 0.3 is 0 Å². The minimum absolute atomic E-state index is 0.587. The normalized spacial score (nSPS) is 11.0. The molecule has 2 aromatic heterocycles. The van der Waals surface area contributed by atoms with E-state index in [4.69, 9.17) is 9.47 Å². The number of ether oxygens (including phenoxy) is 2. The second-order valence-electron chi connectivity index (χ2n) is 7.22. The molecule has 2 heterocycles. The summed E-state index contributed by atoms with van der Waals surface area (Å²) in [5, 5.41) is 7.75. The lowest BCUT2D eigenvalue weighted by Crippen LogP contribution is -1.99. The van der Waals surface area contributed by atoms with E-state index in [9.17, 15) is 0 Å². The van der Waals surface area contributed by atoms with Gasteiger partial charge in [0, 0.05) is 37.0 Å². The van der Waals surface area contributed by atoms with Gasteiger partial charge in [0.15, 0.2) is 0 Å². The molecule has 0 aliphatic heterocycles. The second kappa shape index (κ2) is 10.1. The Morgan fingerprint density at radius 2 is 1.61 bits per heavy atom. The molecule has 4 aromatic rings. The summed E-state index contributed by atoms with van der Waals surface area (Å²) >= 11 is 0. The number of nitrogens with one attached hydrogen (secondary N) is 2. The van der Waals surface area contributed by atoms with Gasteiger partial charge in [-0.05, 0) is 73.0 Å². The van der Waals surface area contributed by atoms with E-state index >= 15 is 0 Å². The summed E-state index contributed by atoms with van der Waals surface area (Å²) in [6, 6.07) is 20.7. The lowest BCUT2D eigenvalue weighted by Gasteiger charge is -2.11. The van der Waals surface area contributed by atoms with E-state index in [1.54, 1.807) is 6.20 Å². The highest BCUT2D eigenvalue weighted by Gasteiger charge is 2.06. The molecular weight excluding hydrogens is 388 g/mol. The zero-order valence-corrected chi connectivity index (χ0v) is 18.0. The summed E-state index contributed by atoms with van der Waals surface area (Å²) < 4.78 is 13.0. The first-order valence-electron chi connectivity index (χ1n) is 10.6. The number of anilines is 2. The molecule has 0 bridgehead atoms. The average Bonchev–Trinajstić information content (AvgIpc) is 3.49. The van der Waals surface area contributed by atoms with E-state index in [0.29, 0.717) is 26.4 Å². The van der Waals surface area contributed by atoms with Crippen molar-refractivity contribution in [2.75, 3.05) is 18.5 Å². The van der Waals surface area contributed by atoms with Gasteiger partial charge in [-0.25, -0.2) is 4.68 Å². The van der Waals surface area contributed by atoms with Crippen molar-refractivity contribution >= 4 is 11.5 Å². The van der Waals surface area contributed by atoms with Gasteiger partial charge in [-0.3, -0.25) is 0 Å². The minimum atomic E-state index is 0.587. The number of H-pyrrole nitrogens is 1. The Labute approximate surface area is 182 Å². The summed E-state index contributed by atoms with van der Waals surface area (Å²) in [4.78, 5) is 3.46. The number of nitrogens with zero attached hydrogens (tertiary/aromatic N) is 2. The van der Waals surface area contributed by atoms with Crippen molar-refractivity contribution < 1.29 is 9.47 Å². The van der Waals surface area contributed by atoms with Crippen molar-refractivity contribution in [3.05, 3.63) is 84.2 Å². The third kappa shape index (κ3) is 5.42. The molecule has 0 radical (unpaired) electrons. The van der Waals surface area contributed by atoms with E-state index in [1.165, 1.54) is 0 Å². The zero-order valence-electron chi connectivity index (χ0n) is 18.0. The summed E-state index contributed by atoms with van der Waals surface area (Å²) in [6.07, 6.45) is 3.71. The van der Waals surface area contributed by atoms with Crippen LogP contribution in [-0.4, -0.2) is 28.0 Å². The molecule has 4 rings (SSSR count). The van der Waals surface area contributed by atoms with Gasteiger partial charge in [-0.1, -0.05) is 18.2 Å². The van der Waals surface area contributed by atoms with Gasteiger partial charge in [0.05, 0.1) is 18.9 Å². The van der Waals surface area contributed by atoms with Crippen LogP contribution in [0.1, 0.15) is 25.0 Å². The molecule has 31 heavy (non-hydrogen) atoms. The Kier molecular flexibility index (Phi) is 6.82. The van der Waals surface area contributed by atoms with Crippen molar-refractivity contribution in [2.45, 2.75) is 27.1 Å². The Balaban J connectivity index is 1.50. The number of benzene rings is 2. The number of aromatic nitrogens is 3. The van der Waals surface area contributed by atoms with Crippen LogP contribution < -0.4 is 5.32 Å². The van der Waals surface area contributed by atoms with Gasteiger partial charge in [0.25, 0.3) is 0 Å². The van der Waals surface area contributed by atoms with Crippen LogP contribution in [0.4, 0.5) is 11.5 Å². The lowest BCUT2D eigenvalue weighted by molar-refractivity contribution is 0.130. The highest BCUT2D eigenvalue weighted by molar-refractivity contribution is 5.67. The maximum Gasteiger partial charge on any atom is 0.108 e. The maximum atomic E-state index is 5.60. The topological polar surface area (TPSA) is 64.1 Å². The minimum Gasteiger partial charge on any atom is -0.377 e. The average molecular weight is 417 g/mol. The van der Waals surface area contributed by atoms with Crippen molar-refractivity contribution in [3.8, 4) is 16.9 Å². The molecule has 2 aromatic carbocycles. The summed E-state index contributed by atoms with van der Waals surface area (Å²) in [5.41, 5.74) is 6.46. The Morgan fingerprint density at radius 3 is 2.23 bits per heavy atom. The highest BCUT2D eigenvalue weighted by atomic mass is 16.5. The Hall–Kier alpha value is -3.35. The van der Waals surface area contributed by atoms with Gasteiger partial charge in [-0.2, -0.15) is 5.10 Å². The molecule has 0 aliphatic carbocycles. The van der Waals surface area contributed by atoms with E-state index in [-0.39, 0.29) is 0 Å². The standard InChI is InChI=1S/C25H28N4O2/c1-3-30-17-19-14-20(18-31-4-2)16-22(15-19)27-25-11-10-24(28-25)21-6-8-23(9-7-21)29-13-5-12-26-29/h5-16,27-28H,3-4,17-18H2,1-2H3. The molecule has 0 atom stereocenters. The fourth-order valence-corrected chi connectivity index (χ4v) is 3.45. The molecule has 0 unspecified atom stereocenters. The SMILES string of the molecule is CCOCc1cc(COCC)cc(Nc2ccc(-c3ccc(-n4cccn4)cc3)[nH]2)c1. The molecule has 0 spiro atoms. The summed E-state index contributed by atoms with van der Waals surface area (Å²) in [7, 11) is 0. The molecule has 0 aliphatic rings. The molecule has 0 saturated heterocycles. The van der Waals surface area contributed by atoms with Crippen molar-refractivity contribution in [2.24, 2.45) is 0 Å². The first-order chi connectivity index (χ1) is 15.2. The molecule has 0 fully saturated rings. The van der Waals surface area contributed by atoms with Crippen molar-refractivity contribution in [1.29, 1.82) is 0 Å². The molecule has 0 amide bonds. The van der Waals surface area contributed by atoms with E-state index in [0.717, 1.165) is 39.6 Å². The van der Waals surface area contributed by atoms with Crippen LogP contribution in [0, 0.1) is 0 Å². The van der Waals surface area contributed by atoms with Gasteiger partial charge in [0.1, 0.15) is 5.82 Å². The highest BCUT2D eigenvalue weighted by Crippen LogP contribution is 2.25. The monoisotopic (exact) mass is 416 g/mol. The number of aromatic amines is 1. The summed E-state index contributed by atoms with van der Waals surface area (Å²) in [5.74, 6) is 0.932. The predicted octanol–water partition coefficient (Wildman–Crippen LogP) is 5.68. The first kappa shape index (κ1) is 20.9. The Bertz CT molecular complexity index is 1060. The van der Waals surface area contributed by atoms with Crippen molar-refractivity contribution in [1.82, 2.24) is 14.8 Å². The molecular formula is C25H28N4O2. The smallest absolute Gasteiger partial charge is 0.108 e. The third-order valence-corrected chi connectivity index (χ3v) is 4.91. The first-order valence-corrected chi connectivity index (χ1v) is 10.6. The van der Waals surface area contributed by atoms with Crippen molar-refractivity contribution in [3.63, 3.8) is 0 Å². The zero-order chi connectivity index (χ0) is 21.5. The second-order valence-corrected chi connectivity index (χ2v) is 7.22. The number of rotatable bonds is 10. The van der Waals surface area contributed by atoms with Crippen LogP contribution in [-0.2, 0) is 22.7 Å². The van der Waals surface area contributed by atoms with E-state index < -0.39 is 0 Å². The molecule has 160 valence electrons. The van der Waals surface area contributed by atoms with Gasteiger partial charge in [0.2, 0.25) is 0 Å². The van der Waals surface area contributed by atoms with E-state index in [1.807, 2.05) is 36.9 Å². The van der Waals surface area contributed by atoms with Gasteiger partial charge in [-0.15, -0.1) is 0 Å². The van der Waals surface area contributed by atoms with Gasteiger partial charge < -0.3 is 19.8 Å². The Morgan fingerprint density at radius 1 is 0.903 bits per heavy atom. The molecule has 6 heteroatoms. The van der Waals surface area contributed by atoms with Crippen LogP contribution in [0.3, 0.4) is 0 Å². The van der Waals surface area contributed by atoms with Crippen LogP contribution in [0.2, 0.25) is 0 Å².